The number of piperidine rings is 1. The van der Waals surface area contributed by atoms with Crippen molar-refractivity contribution in [2.45, 2.75) is 32.2 Å². The Labute approximate surface area is 67.6 Å². The fourth-order valence-electron chi connectivity index (χ4n) is 2.27. The number of carbonyl (C=O) groups is 1. The average Bonchev–Trinajstić information content (AvgIpc) is 2.27. The predicted molar refractivity (Wildman–Crippen MR) is 43.4 cm³/mol. The molecule has 0 aromatic rings. The van der Waals surface area contributed by atoms with Crippen molar-refractivity contribution in [2.24, 2.45) is 5.92 Å². The lowest BCUT2D eigenvalue weighted by Crippen LogP contribution is -2.37. The van der Waals surface area contributed by atoms with Crippen molar-refractivity contribution in [2.75, 3.05) is 13.1 Å². The summed E-state index contributed by atoms with van der Waals surface area (Å²) in [6.45, 7) is 4.18. The number of fused-ring (bicyclic) bond motifs is 1. The van der Waals surface area contributed by atoms with Crippen LogP contribution in [0, 0.1) is 5.92 Å². The molecule has 2 saturated heterocycles. The molecule has 11 heavy (non-hydrogen) atoms. The first-order valence-electron chi connectivity index (χ1n) is 4.51. The normalized spacial score (nSPS) is 39.2. The van der Waals surface area contributed by atoms with Crippen LogP contribution in [0.5, 0.6) is 0 Å². The highest BCUT2D eigenvalue weighted by Crippen LogP contribution is 2.28. The Morgan fingerprint density at radius 3 is 3.18 bits per heavy atom. The molecule has 2 nitrogen and oxygen atoms in total. The second-order valence-electron chi connectivity index (χ2n) is 4.00. The Bertz CT molecular complexity index is 178. The summed E-state index contributed by atoms with van der Waals surface area (Å²) < 4.78 is 0. The van der Waals surface area contributed by atoms with Crippen molar-refractivity contribution in [1.29, 1.82) is 0 Å². The third kappa shape index (κ3) is 1.32. The van der Waals surface area contributed by atoms with E-state index in [1.54, 1.807) is 0 Å². The maximum atomic E-state index is 11.1. The molecule has 0 amide bonds. The zero-order valence-electron chi connectivity index (χ0n) is 7.05. The Kier molecular flexibility index (Phi) is 1.72. The molecular formula is C9H15NO. The van der Waals surface area contributed by atoms with Gasteiger partial charge in [-0.2, -0.15) is 0 Å². The molecule has 2 rings (SSSR count). The van der Waals surface area contributed by atoms with Crippen LogP contribution in [0.2, 0.25) is 0 Å². The fourth-order valence-corrected chi connectivity index (χ4v) is 2.27. The Balaban J connectivity index is 2.02. The molecule has 2 atom stereocenters. The van der Waals surface area contributed by atoms with Crippen molar-refractivity contribution in [1.82, 2.24) is 4.90 Å². The molecule has 0 aliphatic carbocycles. The van der Waals surface area contributed by atoms with E-state index in [0.717, 1.165) is 25.4 Å². The molecule has 0 radical (unpaired) electrons. The fraction of sp³-hybridized carbons (Fsp3) is 0.889. The zero-order chi connectivity index (χ0) is 7.84. The van der Waals surface area contributed by atoms with E-state index in [2.05, 4.69) is 11.8 Å². The summed E-state index contributed by atoms with van der Waals surface area (Å²) in [6.07, 6.45) is 3.35. The summed E-state index contributed by atoms with van der Waals surface area (Å²) in [4.78, 5) is 13.4. The summed E-state index contributed by atoms with van der Waals surface area (Å²) in [5.74, 6) is 1.28. The van der Waals surface area contributed by atoms with Crippen LogP contribution in [-0.2, 0) is 4.79 Å². The Morgan fingerprint density at radius 1 is 1.55 bits per heavy atom. The van der Waals surface area contributed by atoms with Crippen LogP contribution in [0.15, 0.2) is 0 Å². The number of carbonyl (C=O) groups excluding carboxylic acids is 1. The minimum atomic E-state index is 0.448. The van der Waals surface area contributed by atoms with Gasteiger partial charge in [0.2, 0.25) is 0 Å². The molecule has 0 aromatic heterocycles. The van der Waals surface area contributed by atoms with Gasteiger partial charge in [-0.25, -0.2) is 0 Å². The van der Waals surface area contributed by atoms with Gasteiger partial charge in [0.15, 0.2) is 0 Å². The van der Waals surface area contributed by atoms with Gasteiger partial charge in [0, 0.05) is 12.5 Å². The van der Waals surface area contributed by atoms with Gasteiger partial charge >= 0.3 is 0 Å². The second kappa shape index (κ2) is 2.59. The predicted octanol–water partition coefficient (Wildman–Crippen LogP) is 1.06. The number of rotatable bonds is 0. The quantitative estimate of drug-likeness (QED) is 0.518. The smallest absolute Gasteiger partial charge is 0.148 e. The summed E-state index contributed by atoms with van der Waals surface area (Å²) in [7, 11) is 0. The van der Waals surface area contributed by atoms with E-state index in [4.69, 9.17) is 0 Å². The van der Waals surface area contributed by atoms with E-state index in [-0.39, 0.29) is 0 Å². The maximum absolute atomic E-state index is 11.1. The van der Waals surface area contributed by atoms with Gasteiger partial charge in [-0.15, -0.1) is 0 Å². The molecule has 2 heterocycles. The SMILES string of the molecule is C[C@@H]1CCN2CC(=O)C[C@@H]2C1. The second-order valence-corrected chi connectivity index (χ2v) is 4.00. The highest BCUT2D eigenvalue weighted by atomic mass is 16.1. The number of ketones is 1. The van der Waals surface area contributed by atoms with Gasteiger partial charge in [0.05, 0.1) is 6.54 Å². The third-order valence-corrected chi connectivity index (χ3v) is 2.94. The summed E-state index contributed by atoms with van der Waals surface area (Å²) >= 11 is 0. The molecule has 0 spiro atoms. The van der Waals surface area contributed by atoms with E-state index in [0.29, 0.717) is 11.8 Å². The molecule has 0 saturated carbocycles. The van der Waals surface area contributed by atoms with Gasteiger partial charge < -0.3 is 0 Å². The number of Topliss-reactive ketones (excluding diaryl/α,β-unsaturated/α-hetero) is 1. The summed E-state index contributed by atoms with van der Waals surface area (Å²) in [5.41, 5.74) is 0. The van der Waals surface area contributed by atoms with Crippen molar-refractivity contribution in [3.05, 3.63) is 0 Å². The van der Waals surface area contributed by atoms with Crippen molar-refractivity contribution < 1.29 is 4.79 Å². The van der Waals surface area contributed by atoms with Gasteiger partial charge in [0.25, 0.3) is 0 Å². The van der Waals surface area contributed by atoms with Crippen molar-refractivity contribution >= 4 is 5.78 Å². The van der Waals surface area contributed by atoms with Crippen molar-refractivity contribution in [3.63, 3.8) is 0 Å². The van der Waals surface area contributed by atoms with Gasteiger partial charge in [0.1, 0.15) is 5.78 Å². The molecule has 2 fully saturated rings. The van der Waals surface area contributed by atoms with Crippen LogP contribution >= 0.6 is 0 Å². The maximum Gasteiger partial charge on any atom is 0.148 e. The molecular weight excluding hydrogens is 138 g/mol. The Morgan fingerprint density at radius 2 is 2.36 bits per heavy atom. The topological polar surface area (TPSA) is 20.3 Å². The van der Waals surface area contributed by atoms with Gasteiger partial charge in [-0.3, -0.25) is 9.69 Å². The third-order valence-electron chi connectivity index (χ3n) is 2.94. The molecule has 0 N–H and O–H groups in total. The van der Waals surface area contributed by atoms with E-state index in [9.17, 15) is 4.79 Å². The summed E-state index contributed by atoms with van der Waals surface area (Å²) in [5, 5.41) is 0. The van der Waals surface area contributed by atoms with E-state index in [1.807, 2.05) is 0 Å². The van der Waals surface area contributed by atoms with Gasteiger partial charge in [-0.05, 0) is 25.3 Å². The molecule has 0 bridgehead atoms. The first-order valence-corrected chi connectivity index (χ1v) is 4.51. The number of nitrogens with zero attached hydrogens (tertiary/aromatic N) is 1. The van der Waals surface area contributed by atoms with E-state index >= 15 is 0 Å². The van der Waals surface area contributed by atoms with Crippen LogP contribution in [-0.4, -0.2) is 29.8 Å². The van der Waals surface area contributed by atoms with Crippen LogP contribution in [0.1, 0.15) is 26.2 Å². The van der Waals surface area contributed by atoms with Crippen LogP contribution in [0.25, 0.3) is 0 Å². The number of hydrogen-bond acceptors (Lipinski definition) is 2. The molecule has 2 heteroatoms. The average molecular weight is 153 g/mol. The monoisotopic (exact) mass is 153 g/mol. The minimum Gasteiger partial charge on any atom is -0.298 e. The lowest BCUT2D eigenvalue weighted by atomic mass is 9.93. The lowest BCUT2D eigenvalue weighted by molar-refractivity contribution is -0.116. The minimum absolute atomic E-state index is 0.448. The first-order chi connectivity index (χ1) is 5.25. The first kappa shape index (κ1) is 7.29. The largest absolute Gasteiger partial charge is 0.298 e. The molecule has 0 aromatic carbocycles. The molecule has 62 valence electrons. The zero-order valence-corrected chi connectivity index (χ0v) is 7.05. The Hall–Kier alpha value is -0.370. The highest BCUT2D eigenvalue weighted by molar-refractivity contribution is 5.83. The molecule has 2 aliphatic rings. The summed E-state index contributed by atoms with van der Waals surface area (Å²) in [6, 6.07) is 0.603. The van der Waals surface area contributed by atoms with Crippen LogP contribution < -0.4 is 0 Å². The van der Waals surface area contributed by atoms with E-state index in [1.165, 1.54) is 12.8 Å². The van der Waals surface area contributed by atoms with Crippen LogP contribution in [0.3, 0.4) is 0 Å². The number of hydrogen-bond donors (Lipinski definition) is 0. The standard InChI is InChI=1S/C9H15NO/c1-7-2-3-10-6-9(11)5-8(10)4-7/h7-8H,2-6H2,1H3/t7-,8+/m1/s1. The van der Waals surface area contributed by atoms with Crippen molar-refractivity contribution in [3.8, 4) is 0 Å². The highest BCUT2D eigenvalue weighted by Gasteiger charge is 2.34. The molecule has 0 unspecified atom stereocenters. The van der Waals surface area contributed by atoms with Gasteiger partial charge in [-0.1, -0.05) is 6.92 Å². The van der Waals surface area contributed by atoms with E-state index < -0.39 is 0 Å². The van der Waals surface area contributed by atoms with Crippen LogP contribution in [0.4, 0.5) is 0 Å². The lowest BCUT2D eigenvalue weighted by Gasteiger charge is -2.32. The molecule has 2 aliphatic heterocycles.